The van der Waals surface area contributed by atoms with Crippen molar-refractivity contribution >= 4 is 21.6 Å². The van der Waals surface area contributed by atoms with Crippen molar-refractivity contribution < 1.29 is 17.6 Å². The van der Waals surface area contributed by atoms with E-state index in [9.17, 15) is 17.6 Å². The second-order valence-corrected chi connectivity index (χ2v) is 9.01. The molecule has 0 aliphatic heterocycles. The number of aryl methyl sites for hydroxylation is 1. The highest BCUT2D eigenvalue weighted by Gasteiger charge is 2.18. The Hall–Kier alpha value is -3.19. The van der Waals surface area contributed by atoms with Gasteiger partial charge in [-0.3, -0.25) is 9.52 Å². The zero-order valence-corrected chi connectivity index (χ0v) is 18.2. The van der Waals surface area contributed by atoms with Gasteiger partial charge < -0.3 is 5.32 Å². The third-order valence-corrected chi connectivity index (χ3v) is 6.29. The van der Waals surface area contributed by atoms with Crippen molar-refractivity contribution in [3.63, 3.8) is 0 Å². The smallest absolute Gasteiger partial charge is 0.261 e. The summed E-state index contributed by atoms with van der Waals surface area (Å²) in [6.45, 7) is 3.61. The van der Waals surface area contributed by atoms with E-state index in [2.05, 4.69) is 10.0 Å². The molecule has 0 heterocycles. The van der Waals surface area contributed by atoms with Gasteiger partial charge in [-0.05, 0) is 54.8 Å². The third kappa shape index (κ3) is 5.70. The summed E-state index contributed by atoms with van der Waals surface area (Å²) in [6, 6.07) is 19.5. The summed E-state index contributed by atoms with van der Waals surface area (Å²) in [6.07, 6.45) is 1.67. The van der Waals surface area contributed by atoms with Crippen molar-refractivity contribution in [2.45, 2.75) is 37.6 Å². The summed E-state index contributed by atoms with van der Waals surface area (Å²) in [5.74, 6) is -0.899. The first-order chi connectivity index (χ1) is 14.8. The number of sulfonamides is 1. The lowest BCUT2D eigenvalue weighted by atomic mass is 10.0. The van der Waals surface area contributed by atoms with Crippen molar-refractivity contribution in [3.8, 4) is 0 Å². The number of anilines is 1. The highest BCUT2D eigenvalue weighted by Crippen LogP contribution is 2.21. The molecule has 3 rings (SSSR count). The summed E-state index contributed by atoms with van der Waals surface area (Å²) in [5.41, 5.74) is 1.92. The number of hydrogen-bond acceptors (Lipinski definition) is 3. The summed E-state index contributed by atoms with van der Waals surface area (Å²) < 4.78 is 41.4. The van der Waals surface area contributed by atoms with Gasteiger partial charge in [-0.25, -0.2) is 12.8 Å². The number of benzene rings is 3. The number of hydrogen-bond donors (Lipinski definition) is 2. The minimum atomic E-state index is -3.99. The molecular weight excluding hydrogens is 415 g/mol. The number of halogens is 1. The minimum Gasteiger partial charge on any atom is -0.345 e. The molecule has 0 spiro atoms. The minimum absolute atomic E-state index is 0.144. The largest absolute Gasteiger partial charge is 0.345 e. The Kier molecular flexibility index (Phi) is 7.07. The Morgan fingerprint density at radius 1 is 1.00 bits per heavy atom. The van der Waals surface area contributed by atoms with Crippen LogP contribution in [0.15, 0.2) is 77.7 Å². The van der Waals surface area contributed by atoms with Gasteiger partial charge in [-0.1, -0.05) is 55.8 Å². The summed E-state index contributed by atoms with van der Waals surface area (Å²) >= 11 is 0. The first-order valence-corrected chi connectivity index (χ1v) is 11.5. The van der Waals surface area contributed by atoms with E-state index < -0.39 is 15.8 Å². The van der Waals surface area contributed by atoms with E-state index in [0.29, 0.717) is 11.1 Å². The van der Waals surface area contributed by atoms with Crippen LogP contribution in [0.4, 0.5) is 10.1 Å². The lowest BCUT2D eigenvalue weighted by Gasteiger charge is -2.19. The molecule has 1 atom stereocenters. The third-order valence-electron chi connectivity index (χ3n) is 4.92. The number of amides is 1. The molecule has 0 fully saturated rings. The molecule has 3 aromatic carbocycles. The van der Waals surface area contributed by atoms with Crippen LogP contribution in [-0.2, 0) is 10.0 Å². The normalized spacial score (nSPS) is 12.2. The van der Waals surface area contributed by atoms with Crippen molar-refractivity contribution in [1.29, 1.82) is 0 Å². The fourth-order valence-electron chi connectivity index (χ4n) is 3.22. The molecule has 0 saturated heterocycles. The Morgan fingerprint density at radius 2 is 1.74 bits per heavy atom. The molecule has 0 bridgehead atoms. The van der Waals surface area contributed by atoms with E-state index >= 15 is 0 Å². The molecule has 1 amide bonds. The SMILES string of the molecule is CCCC(NC(=O)c1cccc(NS(=O)(=O)c2ccc(C)c(F)c2)c1)c1ccccc1. The molecular formula is C24H25FN2O3S. The predicted octanol–water partition coefficient (Wildman–Crippen LogP) is 5.21. The van der Waals surface area contributed by atoms with Gasteiger partial charge >= 0.3 is 0 Å². The quantitative estimate of drug-likeness (QED) is 0.505. The van der Waals surface area contributed by atoms with Crippen LogP contribution in [0.3, 0.4) is 0 Å². The van der Waals surface area contributed by atoms with E-state index in [0.717, 1.165) is 24.5 Å². The number of nitrogens with one attached hydrogen (secondary N) is 2. The van der Waals surface area contributed by atoms with Crippen LogP contribution in [-0.4, -0.2) is 14.3 Å². The van der Waals surface area contributed by atoms with E-state index in [1.54, 1.807) is 25.1 Å². The second kappa shape index (κ2) is 9.75. The highest BCUT2D eigenvalue weighted by atomic mass is 32.2. The number of carbonyl (C=O) groups excluding carboxylic acids is 1. The summed E-state index contributed by atoms with van der Waals surface area (Å²) in [4.78, 5) is 12.7. The van der Waals surface area contributed by atoms with Crippen molar-refractivity contribution in [1.82, 2.24) is 5.32 Å². The first kappa shape index (κ1) is 22.5. The Morgan fingerprint density at radius 3 is 2.42 bits per heavy atom. The molecule has 0 aliphatic rings. The van der Waals surface area contributed by atoms with E-state index in [1.807, 2.05) is 37.3 Å². The van der Waals surface area contributed by atoms with Gasteiger partial charge in [0.25, 0.3) is 15.9 Å². The summed E-state index contributed by atoms with van der Waals surface area (Å²) in [7, 11) is -3.99. The zero-order chi connectivity index (χ0) is 22.4. The number of carbonyl (C=O) groups is 1. The predicted molar refractivity (Wildman–Crippen MR) is 120 cm³/mol. The van der Waals surface area contributed by atoms with Crippen molar-refractivity contribution in [2.24, 2.45) is 0 Å². The maximum atomic E-state index is 13.8. The lowest BCUT2D eigenvalue weighted by molar-refractivity contribution is 0.0934. The van der Waals surface area contributed by atoms with Crippen LogP contribution in [0.25, 0.3) is 0 Å². The molecule has 31 heavy (non-hydrogen) atoms. The standard InChI is InChI=1S/C24H25FN2O3S/c1-3-8-23(18-9-5-4-6-10-18)26-24(28)19-11-7-12-20(15-19)27-31(29,30)21-14-13-17(2)22(25)16-21/h4-7,9-16,23,27H,3,8H2,1-2H3,(H,26,28). The van der Waals surface area contributed by atoms with Crippen LogP contribution in [0, 0.1) is 12.7 Å². The molecule has 5 nitrogen and oxygen atoms in total. The molecule has 162 valence electrons. The van der Waals surface area contributed by atoms with Crippen LogP contribution in [0.2, 0.25) is 0 Å². The lowest BCUT2D eigenvalue weighted by Crippen LogP contribution is -2.28. The average Bonchev–Trinajstić information content (AvgIpc) is 2.75. The van der Waals surface area contributed by atoms with Gasteiger partial charge in [0, 0.05) is 11.3 Å². The van der Waals surface area contributed by atoms with Crippen LogP contribution >= 0.6 is 0 Å². The molecule has 7 heteroatoms. The highest BCUT2D eigenvalue weighted by molar-refractivity contribution is 7.92. The van der Waals surface area contributed by atoms with E-state index in [1.165, 1.54) is 18.2 Å². The molecule has 0 radical (unpaired) electrons. The van der Waals surface area contributed by atoms with Gasteiger partial charge in [0.2, 0.25) is 0 Å². The Bertz CT molecular complexity index is 1160. The molecule has 0 aliphatic carbocycles. The van der Waals surface area contributed by atoms with Gasteiger partial charge in [-0.2, -0.15) is 0 Å². The van der Waals surface area contributed by atoms with Gasteiger partial charge in [0.15, 0.2) is 0 Å². The monoisotopic (exact) mass is 440 g/mol. The summed E-state index contributed by atoms with van der Waals surface area (Å²) in [5, 5.41) is 3.02. The molecule has 0 aromatic heterocycles. The van der Waals surface area contributed by atoms with Crippen LogP contribution in [0.1, 0.15) is 47.3 Å². The average molecular weight is 441 g/mol. The topological polar surface area (TPSA) is 75.3 Å². The fraction of sp³-hybridized carbons (Fsp3) is 0.208. The Balaban J connectivity index is 1.78. The molecule has 1 unspecified atom stereocenters. The van der Waals surface area contributed by atoms with Gasteiger partial charge in [0.05, 0.1) is 10.9 Å². The first-order valence-electron chi connectivity index (χ1n) is 10.0. The fourth-order valence-corrected chi connectivity index (χ4v) is 4.28. The van der Waals surface area contributed by atoms with Gasteiger partial charge in [-0.15, -0.1) is 0 Å². The van der Waals surface area contributed by atoms with Crippen LogP contribution < -0.4 is 10.0 Å². The van der Waals surface area contributed by atoms with Gasteiger partial charge in [0.1, 0.15) is 5.82 Å². The van der Waals surface area contributed by atoms with Crippen molar-refractivity contribution in [3.05, 3.63) is 95.3 Å². The van der Waals surface area contributed by atoms with Crippen molar-refractivity contribution in [2.75, 3.05) is 4.72 Å². The Labute approximate surface area is 182 Å². The van der Waals surface area contributed by atoms with Crippen LogP contribution in [0.5, 0.6) is 0 Å². The maximum absolute atomic E-state index is 13.8. The molecule has 3 aromatic rings. The molecule has 0 saturated carbocycles. The zero-order valence-electron chi connectivity index (χ0n) is 17.4. The number of rotatable bonds is 8. The maximum Gasteiger partial charge on any atom is 0.261 e. The second-order valence-electron chi connectivity index (χ2n) is 7.32. The van der Waals surface area contributed by atoms with E-state index in [4.69, 9.17) is 0 Å². The van der Waals surface area contributed by atoms with E-state index in [-0.39, 0.29) is 22.5 Å². The molecule has 2 N–H and O–H groups in total.